The lowest BCUT2D eigenvalue weighted by Crippen LogP contribution is -2.52. The molecular weight excluding hydrogens is 368 g/mol. The Hall–Kier alpha value is -3.45. The van der Waals surface area contributed by atoms with Crippen molar-refractivity contribution < 1.29 is 9.59 Å². The van der Waals surface area contributed by atoms with Gasteiger partial charge in [-0.05, 0) is 42.5 Å². The van der Waals surface area contributed by atoms with Gasteiger partial charge in [-0.1, -0.05) is 42.0 Å². The Balaban J connectivity index is 1.75. The number of fused-ring (bicyclic) bond motifs is 1. The monoisotopic (exact) mass is 392 g/mol. The molecule has 0 radical (unpaired) electrons. The number of H-pyrrole nitrogens is 1. The minimum absolute atomic E-state index is 0.0155. The number of nitrogens with one attached hydrogen (secondary N) is 2. The number of nitrogens with two attached hydrogens (primary N) is 2. The number of aromatic nitrogens is 1. The number of pyridine rings is 1. The molecule has 150 valence electrons. The van der Waals surface area contributed by atoms with Crippen molar-refractivity contribution in [2.24, 2.45) is 11.5 Å². The van der Waals surface area contributed by atoms with Gasteiger partial charge in [0.25, 0.3) is 5.56 Å². The Morgan fingerprint density at radius 3 is 2.48 bits per heavy atom. The third-order valence-corrected chi connectivity index (χ3v) is 4.80. The maximum atomic E-state index is 12.5. The molecule has 1 heterocycles. The molecule has 0 aliphatic carbocycles. The van der Waals surface area contributed by atoms with Crippen LogP contribution in [0.3, 0.4) is 0 Å². The molecule has 0 saturated heterocycles. The van der Waals surface area contributed by atoms with Gasteiger partial charge in [0, 0.05) is 17.5 Å². The normalized spacial score (nSPS) is 13.0. The Labute approximate surface area is 168 Å². The first kappa shape index (κ1) is 20.3. The van der Waals surface area contributed by atoms with Gasteiger partial charge in [0.15, 0.2) is 0 Å². The maximum absolute atomic E-state index is 12.5. The average molecular weight is 392 g/mol. The molecule has 0 aliphatic rings. The third-order valence-electron chi connectivity index (χ3n) is 4.80. The molecule has 0 spiro atoms. The van der Waals surface area contributed by atoms with Gasteiger partial charge in [-0.25, -0.2) is 0 Å². The summed E-state index contributed by atoms with van der Waals surface area (Å²) in [6.07, 6.45) is 0.312. The van der Waals surface area contributed by atoms with Crippen molar-refractivity contribution in [1.82, 2.24) is 10.3 Å². The van der Waals surface area contributed by atoms with E-state index in [-0.39, 0.29) is 12.0 Å². The molecule has 6 N–H and O–H groups in total. The zero-order valence-electron chi connectivity index (χ0n) is 16.1. The standard InChI is InChI=1S/C22H24N4O3/c1-13-7-8-18-15(9-13)11-16(21(28)25-18)12-19(20(24)27)26-22(29)17(23)10-14-5-3-2-4-6-14/h2-9,11,17,19H,10,12,23H2,1H3,(H2,24,27)(H,25,28)(H,26,29)/t17-,19?/m0/s1. The first-order valence-corrected chi connectivity index (χ1v) is 9.35. The van der Waals surface area contributed by atoms with Crippen LogP contribution in [-0.2, 0) is 22.4 Å². The van der Waals surface area contributed by atoms with Gasteiger partial charge < -0.3 is 21.8 Å². The number of hydrogen-bond donors (Lipinski definition) is 4. The van der Waals surface area contributed by atoms with E-state index in [1.165, 1.54) is 0 Å². The number of hydrogen-bond acceptors (Lipinski definition) is 4. The second kappa shape index (κ2) is 8.70. The summed E-state index contributed by atoms with van der Waals surface area (Å²) in [6, 6.07) is 14.8. The minimum Gasteiger partial charge on any atom is -0.368 e. The molecular formula is C22H24N4O3. The van der Waals surface area contributed by atoms with Crippen molar-refractivity contribution in [3.05, 3.63) is 81.6 Å². The highest BCUT2D eigenvalue weighted by molar-refractivity contribution is 5.89. The lowest BCUT2D eigenvalue weighted by atomic mass is 10.0. The molecule has 0 aliphatic heterocycles. The van der Waals surface area contributed by atoms with Crippen LogP contribution in [0.5, 0.6) is 0 Å². The molecule has 7 nitrogen and oxygen atoms in total. The highest BCUT2D eigenvalue weighted by Gasteiger charge is 2.23. The van der Waals surface area contributed by atoms with Crippen molar-refractivity contribution in [2.45, 2.75) is 31.8 Å². The van der Waals surface area contributed by atoms with E-state index in [1.54, 1.807) is 6.07 Å². The molecule has 3 aromatic rings. The van der Waals surface area contributed by atoms with Crippen molar-refractivity contribution in [3.63, 3.8) is 0 Å². The van der Waals surface area contributed by atoms with E-state index in [9.17, 15) is 14.4 Å². The smallest absolute Gasteiger partial charge is 0.251 e. The summed E-state index contributed by atoms with van der Waals surface area (Å²) in [5, 5.41) is 3.42. The molecule has 3 rings (SSSR count). The van der Waals surface area contributed by atoms with Crippen molar-refractivity contribution in [1.29, 1.82) is 0 Å². The molecule has 2 atom stereocenters. The van der Waals surface area contributed by atoms with Gasteiger partial charge in [-0.3, -0.25) is 14.4 Å². The van der Waals surface area contributed by atoms with Gasteiger partial charge in [0.1, 0.15) is 6.04 Å². The highest BCUT2D eigenvalue weighted by Crippen LogP contribution is 2.14. The van der Waals surface area contributed by atoms with E-state index >= 15 is 0 Å². The van der Waals surface area contributed by atoms with E-state index in [0.29, 0.717) is 17.5 Å². The zero-order valence-corrected chi connectivity index (χ0v) is 16.1. The van der Waals surface area contributed by atoms with Crippen LogP contribution >= 0.6 is 0 Å². The lowest BCUT2D eigenvalue weighted by molar-refractivity contribution is -0.128. The number of carbonyl (C=O) groups is 2. The van der Waals surface area contributed by atoms with E-state index in [4.69, 9.17) is 11.5 Å². The van der Waals surface area contributed by atoms with Crippen molar-refractivity contribution in [2.75, 3.05) is 0 Å². The van der Waals surface area contributed by atoms with Gasteiger partial charge in [0.2, 0.25) is 11.8 Å². The van der Waals surface area contributed by atoms with Crippen LogP contribution in [0, 0.1) is 6.92 Å². The Kier molecular flexibility index (Phi) is 6.09. The predicted octanol–water partition coefficient (Wildman–Crippen LogP) is 0.919. The van der Waals surface area contributed by atoms with Gasteiger partial charge in [-0.2, -0.15) is 0 Å². The van der Waals surface area contributed by atoms with Crippen molar-refractivity contribution in [3.8, 4) is 0 Å². The van der Waals surface area contributed by atoms with Crippen LogP contribution in [0.15, 0.2) is 59.4 Å². The fourth-order valence-corrected chi connectivity index (χ4v) is 3.21. The van der Waals surface area contributed by atoms with Crippen LogP contribution in [0.25, 0.3) is 10.9 Å². The number of aryl methyl sites for hydroxylation is 1. The molecule has 2 aromatic carbocycles. The van der Waals surface area contributed by atoms with Crippen LogP contribution in [0.4, 0.5) is 0 Å². The third kappa shape index (κ3) is 5.08. The van der Waals surface area contributed by atoms with Crippen LogP contribution in [0.2, 0.25) is 0 Å². The van der Waals surface area contributed by atoms with E-state index < -0.39 is 23.9 Å². The summed E-state index contributed by atoms with van der Waals surface area (Å²) in [7, 11) is 0. The number of rotatable bonds is 7. The molecule has 0 fully saturated rings. The second-order valence-electron chi connectivity index (χ2n) is 7.18. The molecule has 0 saturated carbocycles. The number of amides is 2. The average Bonchev–Trinajstić information content (AvgIpc) is 2.68. The minimum atomic E-state index is -1.03. The second-order valence-corrected chi connectivity index (χ2v) is 7.18. The first-order valence-electron chi connectivity index (χ1n) is 9.35. The number of primary amides is 1. The summed E-state index contributed by atoms with van der Waals surface area (Å²) in [6.45, 7) is 1.95. The molecule has 29 heavy (non-hydrogen) atoms. The fraction of sp³-hybridized carbons (Fsp3) is 0.227. The van der Waals surface area contributed by atoms with E-state index in [1.807, 2.05) is 55.5 Å². The fourth-order valence-electron chi connectivity index (χ4n) is 3.21. The Morgan fingerprint density at radius 1 is 1.07 bits per heavy atom. The summed E-state index contributed by atoms with van der Waals surface area (Å²) < 4.78 is 0. The maximum Gasteiger partial charge on any atom is 0.251 e. The lowest BCUT2D eigenvalue weighted by Gasteiger charge is -2.19. The largest absolute Gasteiger partial charge is 0.368 e. The quantitative estimate of drug-likeness (QED) is 0.476. The first-order chi connectivity index (χ1) is 13.8. The summed E-state index contributed by atoms with van der Waals surface area (Å²) in [4.78, 5) is 39.6. The predicted molar refractivity (Wildman–Crippen MR) is 112 cm³/mol. The highest BCUT2D eigenvalue weighted by atomic mass is 16.2. The molecule has 2 amide bonds. The summed E-state index contributed by atoms with van der Waals surface area (Å²) >= 11 is 0. The van der Waals surface area contributed by atoms with Gasteiger partial charge >= 0.3 is 0 Å². The Bertz CT molecular complexity index is 1090. The van der Waals surface area contributed by atoms with E-state index in [0.717, 1.165) is 16.5 Å². The molecule has 1 unspecified atom stereocenters. The summed E-state index contributed by atoms with van der Waals surface area (Å²) in [5.74, 6) is -1.22. The van der Waals surface area contributed by atoms with Crippen LogP contribution in [-0.4, -0.2) is 28.9 Å². The SMILES string of the molecule is Cc1ccc2[nH]c(=O)c(CC(NC(=O)[C@@H](N)Cc3ccccc3)C(N)=O)cc2c1. The molecule has 0 bridgehead atoms. The summed E-state index contributed by atoms with van der Waals surface area (Å²) in [5.41, 5.74) is 14.1. The Morgan fingerprint density at radius 2 is 1.79 bits per heavy atom. The molecule has 1 aromatic heterocycles. The number of benzene rings is 2. The number of aromatic amines is 1. The zero-order chi connectivity index (χ0) is 21.0. The van der Waals surface area contributed by atoms with E-state index in [2.05, 4.69) is 10.3 Å². The van der Waals surface area contributed by atoms with Crippen LogP contribution in [0.1, 0.15) is 16.7 Å². The topological polar surface area (TPSA) is 131 Å². The number of carbonyl (C=O) groups excluding carboxylic acids is 2. The van der Waals surface area contributed by atoms with Crippen molar-refractivity contribution >= 4 is 22.7 Å². The van der Waals surface area contributed by atoms with Crippen LogP contribution < -0.4 is 22.3 Å². The van der Waals surface area contributed by atoms with Gasteiger partial charge in [0.05, 0.1) is 6.04 Å². The van der Waals surface area contributed by atoms with Gasteiger partial charge in [-0.15, -0.1) is 0 Å². The molecule has 7 heteroatoms.